The Morgan fingerprint density at radius 3 is 2.62 bits per heavy atom. The SMILES string of the molecule is CN(C)C(=O)Oc1cccc2c1cc(C(=O)NC1CCCCC1)c[n+]2C. The number of nitrogens with one attached hydrogen (secondary N) is 1. The number of benzene rings is 1. The molecule has 0 aliphatic heterocycles. The van der Waals surface area contributed by atoms with E-state index in [0.29, 0.717) is 11.3 Å². The molecule has 1 heterocycles. The van der Waals surface area contributed by atoms with Crippen LogP contribution in [-0.2, 0) is 7.05 Å². The molecule has 0 unspecified atom stereocenters. The van der Waals surface area contributed by atoms with Crippen LogP contribution in [0, 0.1) is 0 Å². The highest BCUT2D eigenvalue weighted by Crippen LogP contribution is 2.25. The summed E-state index contributed by atoms with van der Waals surface area (Å²) in [5.41, 5.74) is 1.46. The fourth-order valence-corrected chi connectivity index (χ4v) is 3.37. The molecule has 1 fully saturated rings. The van der Waals surface area contributed by atoms with Crippen molar-refractivity contribution < 1.29 is 18.9 Å². The number of hydrogen-bond donors (Lipinski definition) is 1. The summed E-state index contributed by atoms with van der Waals surface area (Å²) < 4.78 is 7.36. The average molecular weight is 356 g/mol. The summed E-state index contributed by atoms with van der Waals surface area (Å²) in [6, 6.07) is 7.56. The van der Waals surface area contributed by atoms with E-state index < -0.39 is 6.09 Å². The number of amides is 2. The third-order valence-corrected chi connectivity index (χ3v) is 4.82. The minimum atomic E-state index is -0.447. The van der Waals surface area contributed by atoms with Crippen molar-refractivity contribution in [2.75, 3.05) is 14.1 Å². The largest absolute Gasteiger partial charge is 0.414 e. The lowest BCUT2D eigenvalue weighted by molar-refractivity contribution is -0.645. The van der Waals surface area contributed by atoms with E-state index in [0.717, 1.165) is 23.7 Å². The van der Waals surface area contributed by atoms with E-state index in [1.165, 1.54) is 24.2 Å². The minimum Gasteiger partial charge on any atom is -0.409 e. The molecular weight excluding hydrogens is 330 g/mol. The number of aryl methyl sites for hydroxylation is 1. The molecule has 2 amide bonds. The number of nitrogens with zero attached hydrogens (tertiary/aromatic N) is 2. The van der Waals surface area contributed by atoms with Crippen LogP contribution in [0.2, 0.25) is 0 Å². The Bertz CT molecular complexity index is 826. The molecule has 1 N–H and O–H groups in total. The van der Waals surface area contributed by atoms with Gasteiger partial charge in [-0.15, -0.1) is 0 Å². The van der Waals surface area contributed by atoms with Crippen molar-refractivity contribution in [3.63, 3.8) is 0 Å². The second-order valence-corrected chi connectivity index (χ2v) is 7.10. The van der Waals surface area contributed by atoms with E-state index in [9.17, 15) is 9.59 Å². The Balaban J connectivity index is 1.91. The molecule has 1 aliphatic carbocycles. The Hall–Kier alpha value is -2.63. The minimum absolute atomic E-state index is 0.0804. The molecule has 26 heavy (non-hydrogen) atoms. The second kappa shape index (κ2) is 7.72. The molecular formula is C20H26N3O3+. The van der Waals surface area contributed by atoms with Crippen LogP contribution < -0.4 is 14.6 Å². The van der Waals surface area contributed by atoms with Gasteiger partial charge in [0.15, 0.2) is 6.20 Å². The zero-order valence-electron chi connectivity index (χ0n) is 15.6. The van der Waals surface area contributed by atoms with Crippen molar-refractivity contribution in [1.82, 2.24) is 10.2 Å². The highest BCUT2D eigenvalue weighted by Gasteiger charge is 2.21. The van der Waals surface area contributed by atoms with Crippen LogP contribution in [0.4, 0.5) is 4.79 Å². The Kier molecular flexibility index (Phi) is 5.40. The summed E-state index contributed by atoms with van der Waals surface area (Å²) in [6.45, 7) is 0. The normalized spacial score (nSPS) is 14.9. The highest BCUT2D eigenvalue weighted by molar-refractivity contribution is 5.98. The molecule has 1 aromatic heterocycles. The number of pyridine rings is 1. The summed E-state index contributed by atoms with van der Waals surface area (Å²) in [5, 5.41) is 3.87. The Morgan fingerprint density at radius 1 is 1.19 bits per heavy atom. The number of aromatic nitrogens is 1. The van der Waals surface area contributed by atoms with Crippen LogP contribution >= 0.6 is 0 Å². The highest BCUT2D eigenvalue weighted by atomic mass is 16.6. The summed E-state index contributed by atoms with van der Waals surface area (Å²) in [4.78, 5) is 26.0. The van der Waals surface area contributed by atoms with Crippen LogP contribution in [0.5, 0.6) is 5.75 Å². The summed E-state index contributed by atoms with van der Waals surface area (Å²) >= 11 is 0. The lowest BCUT2D eigenvalue weighted by Crippen LogP contribution is -2.38. The number of fused-ring (bicyclic) bond motifs is 1. The van der Waals surface area contributed by atoms with Crippen LogP contribution in [0.3, 0.4) is 0 Å². The molecule has 1 aliphatic rings. The Labute approximate surface area is 153 Å². The van der Waals surface area contributed by atoms with E-state index in [1.54, 1.807) is 26.2 Å². The van der Waals surface area contributed by atoms with Gasteiger partial charge in [-0.25, -0.2) is 9.36 Å². The number of ether oxygens (including phenoxy) is 1. The number of rotatable bonds is 3. The molecule has 6 heteroatoms. The van der Waals surface area contributed by atoms with Gasteiger partial charge in [-0.1, -0.05) is 25.3 Å². The third kappa shape index (κ3) is 3.95. The molecule has 0 atom stereocenters. The predicted molar refractivity (Wildman–Crippen MR) is 99.2 cm³/mol. The van der Waals surface area contributed by atoms with Gasteiger partial charge in [0.25, 0.3) is 5.91 Å². The molecule has 1 saturated carbocycles. The standard InChI is InChI=1S/C20H25N3O3/c1-22(2)20(25)26-18-11-7-10-17-16(18)12-14(13-23(17)3)19(24)21-15-8-5-4-6-9-15/h7,10-13,15H,4-6,8-9H2,1-3H3/p+1. The van der Waals surface area contributed by atoms with Gasteiger partial charge in [-0.3, -0.25) is 4.79 Å². The maximum absolute atomic E-state index is 12.7. The predicted octanol–water partition coefficient (Wildman–Crippen LogP) is 2.79. The smallest absolute Gasteiger partial charge is 0.409 e. The first-order valence-corrected chi connectivity index (χ1v) is 9.08. The zero-order chi connectivity index (χ0) is 18.7. The van der Waals surface area contributed by atoms with Crippen molar-refractivity contribution in [2.45, 2.75) is 38.1 Å². The van der Waals surface area contributed by atoms with Crippen molar-refractivity contribution >= 4 is 22.9 Å². The van der Waals surface area contributed by atoms with Crippen molar-refractivity contribution in [3.8, 4) is 5.75 Å². The molecule has 0 saturated heterocycles. The monoisotopic (exact) mass is 356 g/mol. The molecule has 0 radical (unpaired) electrons. The van der Waals surface area contributed by atoms with Gasteiger partial charge in [-0.05, 0) is 25.0 Å². The number of carbonyl (C=O) groups excluding carboxylic acids is 2. The first-order chi connectivity index (χ1) is 12.5. The maximum atomic E-state index is 12.7. The van der Waals surface area contributed by atoms with Crippen molar-refractivity contribution in [1.29, 1.82) is 0 Å². The zero-order valence-corrected chi connectivity index (χ0v) is 15.6. The van der Waals surface area contributed by atoms with E-state index >= 15 is 0 Å². The average Bonchev–Trinajstić information content (AvgIpc) is 2.63. The van der Waals surface area contributed by atoms with E-state index in [-0.39, 0.29) is 11.9 Å². The fourth-order valence-electron chi connectivity index (χ4n) is 3.37. The van der Waals surface area contributed by atoms with Gasteiger partial charge >= 0.3 is 6.09 Å². The van der Waals surface area contributed by atoms with Gasteiger partial charge in [0.2, 0.25) is 5.52 Å². The summed E-state index contributed by atoms with van der Waals surface area (Å²) in [7, 11) is 5.16. The van der Waals surface area contributed by atoms with E-state index in [2.05, 4.69) is 5.32 Å². The topological polar surface area (TPSA) is 62.5 Å². The Morgan fingerprint density at radius 2 is 1.92 bits per heavy atom. The van der Waals surface area contributed by atoms with Crippen molar-refractivity contribution in [3.05, 3.63) is 36.0 Å². The summed E-state index contributed by atoms with van der Waals surface area (Å²) in [6.07, 6.45) is 7.03. The molecule has 0 bridgehead atoms. The first kappa shape index (κ1) is 18.2. The number of carbonyl (C=O) groups is 2. The third-order valence-electron chi connectivity index (χ3n) is 4.82. The number of hydrogen-bond acceptors (Lipinski definition) is 3. The molecule has 6 nitrogen and oxygen atoms in total. The van der Waals surface area contributed by atoms with Crippen LogP contribution in [0.25, 0.3) is 10.9 Å². The fraction of sp³-hybridized carbons (Fsp3) is 0.450. The van der Waals surface area contributed by atoms with E-state index in [1.807, 2.05) is 29.9 Å². The lowest BCUT2D eigenvalue weighted by atomic mass is 9.95. The molecule has 1 aromatic carbocycles. The van der Waals surface area contributed by atoms with Crippen molar-refractivity contribution in [2.24, 2.45) is 7.05 Å². The molecule has 3 rings (SSSR count). The molecule has 138 valence electrons. The first-order valence-electron chi connectivity index (χ1n) is 9.08. The van der Waals surface area contributed by atoms with Gasteiger partial charge in [0.1, 0.15) is 18.4 Å². The van der Waals surface area contributed by atoms with E-state index in [4.69, 9.17) is 4.74 Å². The quantitative estimate of drug-likeness (QED) is 0.860. The maximum Gasteiger partial charge on any atom is 0.414 e. The van der Waals surface area contributed by atoms with Crippen LogP contribution in [-0.4, -0.2) is 37.0 Å². The second-order valence-electron chi connectivity index (χ2n) is 7.10. The van der Waals surface area contributed by atoms with Gasteiger partial charge in [0.05, 0.1) is 5.39 Å². The lowest BCUT2D eigenvalue weighted by Gasteiger charge is -2.22. The van der Waals surface area contributed by atoms with Crippen LogP contribution in [0.1, 0.15) is 42.5 Å². The van der Waals surface area contributed by atoms with Gasteiger partial charge in [-0.2, -0.15) is 0 Å². The van der Waals surface area contributed by atoms with Gasteiger partial charge < -0.3 is 15.0 Å². The molecule has 2 aromatic rings. The van der Waals surface area contributed by atoms with Gasteiger partial charge in [0, 0.05) is 26.2 Å². The summed E-state index contributed by atoms with van der Waals surface area (Å²) in [5.74, 6) is 0.368. The molecule has 0 spiro atoms. The van der Waals surface area contributed by atoms with Crippen LogP contribution in [0.15, 0.2) is 30.5 Å².